The minimum absolute atomic E-state index is 0.0515. The first kappa shape index (κ1) is 19.3. The predicted octanol–water partition coefficient (Wildman–Crippen LogP) is 7.09. The molecule has 2 aromatic rings. The average Bonchev–Trinajstić information content (AvgIpc) is 2.46. The molecule has 24 heavy (non-hydrogen) atoms. The molecule has 12 heteroatoms. The third-order valence-electron chi connectivity index (χ3n) is 2.92. The second kappa shape index (κ2) is 7.07. The lowest BCUT2D eigenvalue weighted by atomic mass is 10.0. The van der Waals surface area contributed by atoms with E-state index >= 15 is 0 Å². The highest BCUT2D eigenvalue weighted by molar-refractivity contribution is 6.48. The average molecular weight is 451 g/mol. The van der Waals surface area contributed by atoms with Crippen LogP contribution in [0.1, 0.15) is 0 Å². The van der Waals surface area contributed by atoms with E-state index in [9.17, 15) is 20.2 Å². The van der Waals surface area contributed by atoms with Gasteiger partial charge in [-0.3, -0.25) is 20.2 Å². The van der Waals surface area contributed by atoms with Crippen LogP contribution in [0.2, 0.25) is 30.1 Å². The lowest BCUT2D eigenvalue weighted by Crippen LogP contribution is -1.97. The van der Waals surface area contributed by atoms with E-state index in [4.69, 9.17) is 69.6 Å². The minimum Gasteiger partial charge on any atom is -0.258 e. The Labute approximate surface area is 164 Å². The van der Waals surface area contributed by atoms with E-state index in [0.717, 1.165) is 0 Å². The van der Waals surface area contributed by atoms with Crippen molar-refractivity contribution >= 4 is 81.0 Å². The molecule has 0 radical (unpaired) electrons. The van der Waals surface area contributed by atoms with Crippen molar-refractivity contribution in [3.63, 3.8) is 0 Å². The van der Waals surface area contributed by atoms with Gasteiger partial charge in [0, 0.05) is 11.1 Å². The highest BCUT2D eigenvalue weighted by Crippen LogP contribution is 2.49. The number of rotatable bonds is 3. The van der Waals surface area contributed by atoms with E-state index in [0.29, 0.717) is 0 Å². The standard InChI is InChI=1S/C12H2Cl6N2O4/c13-5-1-3(7(15)11(9(5)17)19(21)22)4-2-6(14)10(18)12(8(4)16)20(23)24/h1-2H. The van der Waals surface area contributed by atoms with Gasteiger partial charge in [0.15, 0.2) is 0 Å². The molecule has 0 saturated heterocycles. The molecule has 0 spiro atoms. The Morgan fingerprint density at radius 1 is 0.625 bits per heavy atom. The quantitative estimate of drug-likeness (QED) is 0.283. The van der Waals surface area contributed by atoms with Crippen molar-refractivity contribution < 1.29 is 9.85 Å². The third kappa shape index (κ3) is 3.22. The normalized spacial score (nSPS) is 10.8. The van der Waals surface area contributed by atoms with Crippen LogP contribution in [0.5, 0.6) is 0 Å². The first-order valence-corrected chi connectivity index (χ1v) is 7.98. The molecule has 0 atom stereocenters. The van der Waals surface area contributed by atoms with Crippen molar-refractivity contribution in [1.82, 2.24) is 0 Å². The molecule has 0 bridgehead atoms. The van der Waals surface area contributed by atoms with Gasteiger partial charge in [-0.2, -0.15) is 0 Å². The molecule has 0 aliphatic heterocycles. The van der Waals surface area contributed by atoms with Gasteiger partial charge in [0.1, 0.15) is 20.1 Å². The van der Waals surface area contributed by atoms with Gasteiger partial charge < -0.3 is 0 Å². The molecular weight excluding hydrogens is 449 g/mol. The molecule has 0 aliphatic rings. The van der Waals surface area contributed by atoms with Gasteiger partial charge in [-0.1, -0.05) is 69.6 Å². The number of nitro benzene ring substituents is 2. The predicted molar refractivity (Wildman–Crippen MR) is 95.2 cm³/mol. The molecule has 0 heterocycles. The van der Waals surface area contributed by atoms with E-state index in [1.165, 1.54) is 12.1 Å². The highest BCUT2D eigenvalue weighted by Gasteiger charge is 2.30. The van der Waals surface area contributed by atoms with E-state index < -0.39 is 31.3 Å². The Kier molecular flexibility index (Phi) is 5.69. The van der Waals surface area contributed by atoms with Crippen molar-refractivity contribution in [2.75, 3.05) is 0 Å². The molecule has 2 aromatic carbocycles. The first-order chi connectivity index (χ1) is 11.1. The lowest BCUT2D eigenvalue weighted by Gasteiger charge is -2.11. The van der Waals surface area contributed by atoms with Crippen LogP contribution in [-0.2, 0) is 0 Å². The van der Waals surface area contributed by atoms with Crippen LogP contribution in [0.3, 0.4) is 0 Å². The van der Waals surface area contributed by atoms with Crippen LogP contribution in [0.15, 0.2) is 12.1 Å². The molecule has 6 nitrogen and oxygen atoms in total. The maximum Gasteiger partial charge on any atom is 0.308 e. The number of nitro groups is 2. The molecule has 0 unspecified atom stereocenters. The Morgan fingerprint density at radius 3 is 1.17 bits per heavy atom. The van der Waals surface area contributed by atoms with E-state index in [2.05, 4.69) is 0 Å². The van der Waals surface area contributed by atoms with Gasteiger partial charge in [-0.15, -0.1) is 0 Å². The fourth-order valence-corrected chi connectivity index (χ4v) is 3.46. The fourth-order valence-electron chi connectivity index (χ4n) is 1.89. The molecule has 2 rings (SSSR count). The van der Waals surface area contributed by atoms with Gasteiger partial charge in [0.05, 0.1) is 19.9 Å². The summed E-state index contributed by atoms with van der Waals surface area (Å²) in [5.41, 5.74) is -1.43. The second-order valence-electron chi connectivity index (χ2n) is 4.28. The zero-order valence-electron chi connectivity index (χ0n) is 10.9. The van der Waals surface area contributed by atoms with Crippen LogP contribution in [0.25, 0.3) is 11.1 Å². The van der Waals surface area contributed by atoms with Gasteiger partial charge >= 0.3 is 11.4 Å². The van der Waals surface area contributed by atoms with E-state index in [1.54, 1.807) is 0 Å². The van der Waals surface area contributed by atoms with Crippen LogP contribution in [-0.4, -0.2) is 9.85 Å². The third-order valence-corrected chi connectivity index (χ3v) is 5.24. The van der Waals surface area contributed by atoms with Gasteiger partial charge in [-0.05, 0) is 12.1 Å². The Bertz CT molecular complexity index is 829. The molecule has 126 valence electrons. The summed E-state index contributed by atoms with van der Waals surface area (Å²) in [7, 11) is 0. The number of hydrogen-bond donors (Lipinski definition) is 0. The molecular formula is C12H2Cl6N2O4. The van der Waals surface area contributed by atoms with Crippen LogP contribution in [0, 0.1) is 20.2 Å². The summed E-state index contributed by atoms with van der Waals surface area (Å²) < 4.78 is 0. The summed E-state index contributed by atoms with van der Waals surface area (Å²) in [6, 6.07) is 2.38. The highest BCUT2D eigenvalue weighted by atomic mass is 35.5. The summed E-state index contributed by atoms with van der Waals surface area (Å²) in [6.07, 6.45) is 0. The lowest BCUT2D eigenvalue weighted by molar-refractivity contribution is -0.384. The minimum atomic E-state index is -0.833. The second-order valence-corrected chi connectivity index (χ2v) is 6.61. The molecule has 0 amide bonds. The van der Waals surface area contributed by atoms with Crippen molar-refractivity contribution in [2.45, 2.75) is 0 Å². The molecule has 0 saturated carbocycles. The van der Waals surface area contributed by atoms with Crippen molar-refractivity contribution in [3.8, 4) is 11.1 Å². The molecule has 0 aromatic heterocycles. The van der Waals surface area contributed by atoms with Crippen LogP contribution in [0.4, 0.5) is 11.4 Å². The first-order valence-electron chi connectivity index (χ1n) is 5.72. The summed E-state index contributed by atoms with van der Waals surface area (Å²) in [5.74, 6) is 0. The van der Waals surface area contributed by atoms with Crippen LogP contribution >= 0.6 is 69.6 Å². The van der Waals surface area contributed by atoms with E-state index in [-0.39, 0.29) is 31.2 Å². The van der Waals surface area contributed by atoms with E-state index in [1.807, 2.05) is 0 Å². The number of halogens is 6. The SMILES string of the molecule is O=[N+]([O-])c1c(Cl)c(Cl)cc(-c2cc(Cl)c(Cl)c([N+](=O)[O-])c2Cl)c1Cl. The molecule has 0 aliphatic carbocycles. The number of hydrogen-bond acceptors (Lipinski definition) is 4. The van der Waals surface area contributed by atoms with Gasteiger partial charge in [0.2, 0.25) is 0 Å². The van der Waals surface area contributed by atoms with Crippen molar-refractivity contribution in [2.24, 2.45) is 0 Å². The van der Waals surface area contributed by atoms with Crippen molar-refractivity contribution in [1.29, 1.82) is 0 Å². The van der Waals surface area contributed by atoms with Gasteiger partial charge in [-0.25, -0.2) is 0 Å². The maximum absolute atomic E-state index is 11.1. The zero-order valence-corrected chi connectivity index (χ0v) is 15.5. The smallest absolute Gasteiger partial charge is 0.258 e. The monoisotopic (exact) mass is 448 g/mol. The largest absolute Gasteiger partial charge is 0.308 e. The van der Waals surface area contributed by atoms with Gasteiger partial charge in [0.25, 0.3) is 0 Å². The molecule has 0 N–H and O–H groups in total. The summed E-state index contributed by atoms with van der Waals surface area (Å²) in [6.45, 7) is 0. The number of benzene rings is 2. The summed E-state index contributed by atoms with van der Waals surface area (Å²) in [4.78, 5) is 20.6. The number of nitrogens with zero attached hydrogens (tertiary/aromatic N) is 2. The summed E-state index contributed by atoms with van der Waals surface area (Å²) >= 11 is 35.4. The maximum atomic E-state index is 11.1. The fraction of sp³-hybridized carbons (Fsp3) is 0. The topological polar surface area (TPSA) is 86.3 Å². The Balaban J connectivity index is 2.93. The van der Waals surface area contributed by atoms with Crippen LogP contribution < -0.4 is 0 Å². The molecule has 0 fully saturated rings. The van der Waals surface area contributed by atoms with Crippen molar-refractivity contribution in [3.05, 3.63) is 62.5 Å². The zero-order chi connectivity index (χ0) is 18.3. The Hall–Kier alpha value is -1.02. The summed E-state index contributed by atoms with van der Waals surface area (Å²) in [5, 5.41) is 20.4. The Morgan fingerprint density at radius 2 is 0.917 bits per heavy atom.